The lowest BCUT2D eigenvalue weighted by atomic mass is 10.1. The standard InChI is InChI=1S/C20H21N3O3S/c1-20(2,3)22-11-5-6-14(22)12-16-17(24)21-19(27)23(18(16)25)13-7-9-15(26-4)10-8-13/h5-12H,1-4H3,(H,21,24,27)/b16-12-. The van der Waals surface area contributed by atoms with E-state index in [1.54, 1.807) is 37.5 Å². The van der Waals surface area contributed by atoms with E-state index < -0.39 is 11.8 Å². The van der Waals surface area contributed by atoms with Gasteiger partial charge in [0.25, 0.3) is 11.8 Å². The number of anilines is 1. The molecule has 27 heavy (non-hydrogen) atoms. The summed E-state index contributed by atoms with van der Waals surface area (Å²) in [5, 5.41) is 2.65. The summed E-state index contributed by atoms with van der Waals surface area (Å²) in [4.78, 5) is 26.8. The first-order valence-electron chi connectivity index (χ1n) is 8.46. The number of thiocarbonyl (C=S) groups is 1. The molecule has 1 N–H and O–H groups in total. The molecule has 6 nitrogen and oxygen atoms in total. The predicted octanol–water partition coefficient (Wildman–Crippen LogP) is 3.08. The summed E-state index contributed by atoms with van der Waals surface area (Å²) in [6.07, 6.45) is 3.52. The largest absolute Gasteiger partial charge is 0.497 e. The normalized spacial score (nSPS) is 16.7. The van der Waals surface area contributed by atoms with Crippen LogP contribution in [0, 0.1) is 0 Å². The van der Waals surface area contributed by atoms with E-state index >= 15 is 0 Å². The molecule has 0 atom stereocenters. The van der Waals surface area contributed by atoms with Gasteiger partial charge in [-0.3, -0.25) is 19.8 Å². The molecule has 3 rings (SSSR count). The van der Waals surface area contributed by atoms with Crippen molar-refractivity contribution in [1.29, 1.82) is 0 Å². The third kappa shape index (κ3) is 3.64. The summed E-state index contributed by atoms with van der Waals surface area (Å²) in [6, 6.07) is 10.6. The third-order valence-corrected chi connectivity index (χ3v) is 4.51. The topological polar surface area (TPSA) is 63.6 Å². The highest BCUT2D eigenvalue weighted by Crippen LogP contribution is 2.25. The molecule has 2 amide bonds. The lowest BCUT2D eigenvalue weighted by Gasteiger charge is -2.29. The fraction of sp³-hybridized carbons (Fsp3) is 0.250. The van der Waals surface area contributed by atoms with Gasteiger partial charge < -0.3 is 9.30 Å². The average molecular weight is 383 g/mol. The molecule has 1 aromatic carbocycles. The molecule has 2 heterocycles. The monoisotopic (exact) mass is 383 g/mol. The van der Waals surface area contributed by atoms with Gasteiger partial charge in [0.15, 0.2) is 5.11 Å². The van der Waals surface area contributed by atoms with Gasteiger partial charge in [-0.2, -0.15) is 0 Å². The Kier molecular flexibility index (Phi) is 4.89. The molecule has 0 saturated carbocycles. The maximum absolute atomic E-state index is 13.1. The zero-order valence-corrected chi connectivity index (χ0v) is 16.5. The van der Waals surface area contributed by atoms with Crippen molar-refractivity contribution in [3.8, 4) is 5.75 Å². The second kappa shape index (κ2) is 7.00. The van der Waals surface area contributed by atoms with Crippen LogP contribution in [0.5, 0.6) is 5.75 Å². The number of carbonyl (C=O) groups is 2. The number of aromatic nitrogens is 1. The summed E-state index contributed by atoms with van der Waals surface area (Å²) in [7, 11) is 1.57. The van der Waals surface area contributed by atoms with Crippen LogP contribution in [0.1, 0.15) is 26.5 Å². The Labute approximate surface area is 163 Å². The zero-order valence-electron chi connectivity index (χ0n) is 15.6. The number of nitrogens with zero attached hydrogens (tertiary/aromatic N) is 2. The Morgan fingerprint density at radius 3 is 2.37 bits per heavy atom. The molecule has 0 aliphatic carbocycles. The Morgan fingerprint density at radius 1 is 1.11 bits per heavy atom. The van der Waals surface area contributed by atoms with E-state index in [0.29, 0.717) is 11.4 Å². The van der Waals surface area contributed by atoms with Crippen LogP contribution in [-0.4, -0.2) is 28.6 Å². The van der Waals surface area contributed by atoms with Crippen molar-refractivity contribution in [3.63, 3.8) is 0 Å². The van der Waals surface area contributed by atoms with Crippen LogP contribution in [0.25, 0.3) is 6.08 Å². The molecule has 1 aliphatic rings. The maximum Gasteiger partial charge on any atom is 0.270 e. The molecule has 1 aromatic heterocycles. The first-order chi connectivity index (χ1) is 12.7. The molecule has 0 bridgehead atoms. The van der Waals surface area contributed by atoms with Crippen LogP contribution in [0.15, 0.2) is 48.2 Å². The molecular weight excluding hydrogens is 362 g/mol. The number of hydrogen-bond donors (Lipinski definition) is 1. The third-order valence-electron chi connectivity index (χ3n) is 4.23. The van der Waals surface area contributed by atoms with Gasteiger partial charge >= 0.3 is 0 Å². The first-order valence-corrected chi connectivity index (χ1v) is 8.86. The van der Waals surface area contributed by atoms with Gasteiger partial charge in [-0.15, -0.1) is 0 Å². The molecular formula is C20H21N3O3S. The van der Waals surface area contributed by atoms with Crippen molar-refractivity contribution < 1.29 is 14.3 Å². The van der Waals surface area contributed by atoms with Crippen LogP contribution in [0.3, 0.4) is 0 Å². The van der Waals surface area contributed by atoms with E-state index in [1.807, 2.05) is 22.9 Å². The zero-order chi connectivity index (χ0) is 19.8. The average Bonchev–Trinajstić information content (AvgIpc) is 3.08. The number of rotatable bonds is 3. The molecule has 1 aliphatic heterocycles. The van der Waals surface area contributed by atoms with Crippen LogP contribution in [0.2, 0.25) is 0 Å². The summed E-state index contributed by atoms with van der Waals surface area (Å²) in [6.45, 7) is 6.16. The fourth-order valence-electron chi connectivity index (χ4n) is 2.89. The second-order valence-electron chi connectivity index (χ2n) is 7.13. The number of amides is 2. The van der Waals surface area contributed by atoms with E-state index in [2.05, 4.69) is 26.1 Å². The lowest BCUT2D eigenvalue weighted by molar-refractivity contribution is -0.122. The quantitative estimate of drug-likeness (QED) is 0.503. The van der Waals surface area contributed by atoms with Gasteiger partial charge in [0, 0.05) is 17.4 Å². The van der Waals surface area contributed by atoms with Crippen LogP contribution in [-0.2, 0) is 15.1 Å². The van der Waals surface area contributed by atoms with E-state index in [0.717, 1.165) is 5.69 Å². The highest BCUT2D eigenvalue weighted by molar-refractivity contribution is 7.80. The Hall–Kier alpha value is -2.93. The van der Waals surface area contributed by atoms with Gasteiger partial charge in [0.05, 0.1) is 12.8 Å². The first kappa shape index (κ1) is 18.8. The minimum Gasteiger partial charge on any atom is -0.497 e. The number of ether oxygens (including phenoxy) is 1. The molecule has 2 aromatic rings. The number of hydrogen-bond acceptors (Lipinski definition) is 4. The van der Waals surface area contributed by atoms with Gasteiger partial charge in [-0.25, -0.2) is 0 Å². The van der Waals surface area contributed by atoms with Gasteiger partial charge in [-0.05, 0) is 75.5 Å². The fourth-order valence-corrected chi connectivity index (χ4v) is 3.17. The van der Waals surface area contributed by atoms with Crippen molar-refractivity contribution >= 4 is 40.9 Å². The number of carbonyl (C=O) groups excluding carboxylic acids is 2. The highest BCUT2D eigenvalue weighted by Gasteiger charge is 2.34. The minimum absolute atomic E-state index is 0.0311. The van der Waals surface area contributed by atoms with Crippen molar-refractivity contribution in [3.05, 3.63) is 53.9 Å². The Balaban J connectivity index is 2.01. The van der Waals surface area contributed by atoms with Gasteiger partial charge in [0.1, 0.15) is 11.3 Å². The summed E-state index contributed by atoms with van der Waals surface area (Å²) in [5.41, 5.74) is 1.17. The number of nitrogens with one attached hydrogen (secondary N) is 1. The molecule has 1 saturated heterocycles. The second-order valence-corrected chi connectivity index (χ2v) is 7.52. The van der Waals surface area contributed by atoms with Crippen LogP contribution < -0.4 is 15.0 Å². The highest BCUT2D eigenvalue weighted by atomic mass is 32.1. The van der Waals surface area contributed by atoms with E-state index in [1.165, 1.54) is 4.90 Å². The summed E-state index contributed by atoms with van der Waals surface area (Å²) >= 11 is 5.22. The van der Waals surface area contributed by atoms with Crippen molar-refractivity contribution in [2.24, 2.45) is 0 Å². The van der Waals surface area contributed by atoms with E-state index in [4.69, 9.17) is 17.0 Å². The molecule has 0 unspecified atom stereocenters. The SMILES string of the molecule is COc1ccc(N2C(=O)/C(=C\c3cccn3C(C)(C)C)C(=O)NC2=S)cc1. The molecule has 140 valence electrons. The Bertz CT molecular complexity index is 936. The van der Waals surface area contributed by atoms with Crippen LogP contribution >= 0.6 is 12.2 Å². The molecule has 7 heteroatoms. The number of benzene rings is 1. The maximum atomic E-state index is 13.1. The Morgan fingerprint density at radius 2 is 1.78 bits per heavy atom. The molecule has 0 spiro atoms. The predicted molar refractivity (Wildman–Crippen MR) is 109 cm³/mol. The van der Waals surface area contributed by atoms with Crippen LogP contribution in [0.4, 0.5) is 5.69 Å². The van der Waals surface area contributed by atoms with E-state index in [-0.39, 0.29) is 16.2 Å². The van der Waals surface area contributed by atoms with Crippen molar-refractivity contribution in [2.75, 3.05) is 12.0 Å². The molecule has 0 radical (unpaired) electrons. The molecule has 1 fully saturated rings. The lowest BCUT2D eigenvalue weighted by Crippen LogP contribution is -2.54. The minimum atomic E-state index is -0.503. The van der Waals surface area contributed by atoms with Gasteiger partial charge in [0.2, 0.25) is 0 Å². The van der Waals surface area contributed by atoms with E-state index in [9.17, 15) is 9.59 Å². The van der Waals surface area contributed by atoms with Crippen molar-refractivity contribution in [2.45, 2.75) is 26.3 Å². The van der Waals surface area contributed by atoms with Crippen molar-refractivity contribution in [1.82, 2.24) is 9.88 Å². The summed E-state index contributed by atoms with van der Waals surface area (Å²) < 4.78 is 7.15. The number of methoxy groups -OCH3 is 1. The smallest absolute Gasteiger partial charge is 0.270 e. The summed E-state index contributed by atoms with van der Waals surface area (Å²) in [5.74, 6) is -0.302. The van der Waals surface area contributed by atoms with Gasteiger partial charge in [-0.1, -0.05) is 0 Å².